The molecule has 0 aliphatic rings. The van der Waals surface area contributed by atoms with Gasteiger partial charge in [-0.3, -0.25) is 4.79 Å². The first kappa shape index (κ1) is 13.3. The van der Waals surface area contributed by atoms with Crippen LogP contribution in [0, 0.1) is 13.8 Å². The van der Waals surface area contributed by atoms with Crippen molar-refractivity contribution >= 4 is 5.78 Å². The van der Waals surface area contributed by atoms with E-state index in [1.54, 1.807) is 13.0 Å². The van der Waals surface area contributed by atoms with E-state index in [0.29, 0.717) is 17.9 Å². The molecule has 0 saturated carbocycles. The Hall–Kier alpha value is -2.09. The Labute approximate surface area is 114 Å². The van der Waals surface area contributed by atoms with Crippen LogP contribution in [-0.2, 0) is 6.61 Å². The molecule has 19 heavy (non-hydrogen) atoms. The first-order valence-electron chi connectivity index (χ1n) is 6.37. The number of hydrogen-bond acceptors (Lipinski definition) is 2. The molecular weight excluding hydrogens is 236 g/mol. The van der Waals surface area contributed by atoms with Gasteiger partial charge in [0.1, 0.15) is 12.4 Å². The highest BCUT2D eigenvalue weighted by Gasteiger charge is 2.09. The standard InChI is InChI=1S/C17H18O2/c1-12-7-6-8-13(2)16(12)11-19-17-10-5-4-9-15(17)14(3)18/h4-10H,11H2,1-3H3. The van der Waals surface area contributed by atoms with Crippen LogP contribution in [0.1, 0.15) is 34.0 Å². The van der Waals surface area contributed by atoms with Gasteiger partial charge < -0.3 is 4.74 Å². The Morgan fingerprint density at radius 2 is 1.63 bits per heavy atom. The number of benzene rings is 2. The lowest BCUT2D eigenvalue weighted by atomic mass is 10.0. The third kappa shape index (κ3) is 3.02. The van der Waals surface area contributed by atoms with Crippen LogP contribution in [0.25, 0.3) is 0 Å². The summed E-state index contributed by atoms with van der Waals surface area (Å²) in [6, 6.07) is 13.5. The molecule has 0 N–H and O–H groups in total. The normalized spacial score (nSPS) is 10.3. The summed E-state index contributed by atoms with van der Waals surface area (Å²) in [6.07, 6.45) is 0. The van der Waals surface area contributed by atoms with Crippen molar-refractivity contribution in [3.63, 3.8) is 0 Å². The second-order valence-corrected chi connectivity index (χ2v) is 4.71. The summed E-state index contributed by atoms with van der Waals surface area (Å²) in [6.45, 7) is 6.19. The molecule has 0 saturated heterocycles. The summed E-state index contributed by atoms with van der Waals surface area (Å²) in [5, 5.41) is 0. The Morgan fingerprint density at radius 1 is 1.00 bits per heavy atom. The quantitative estimate of drug-likeness (QED) is 0.768. The predicted molar refractivity (Wildman–Crippen MR) is 76.7 cm³/mol. The monoisotopic (exact) mass is 254 g/mol. The molecule has 2 nitrogen and oxygen atoms in total. The van der Waals surface area contributed by atoms with Gasteiger partial charge >= 0.3 is 0 Å². The van der Waals surface area contributed by atoms with Gasteiger partial charge in [-0.25, -0.2) is 0 Å². The van der Waals surface area contributed by atoms with Crippen LogP contribution in [-0.4, -0.2) is 5.78 Å². The number of hydrogen-bond donors (Lipinski definition) is 0. The van der Waals surface area contributed by atoms with Crippen molar-refractivity contribution in [1.29, 1.82) is 0 Å². The number of aryl methyl sites for hydroxylation is 2. The summed E-state index contributed by atoms with van der Waals surface area (Å²) >= 11 is 0. The van der Waals surface area contributed by atoms with Crippen LogP contribution in [0.15, 0.2) is 42.5 Å². The Kier molecular flexibility index (Phi) is 4.00. The van der Waals surface area contributed by atoms with E-state index in [1.165, 1.54) is 16.7 Å². The van der Waals surface area contributed by atoms with Crippen LogP contribution < -0.4 is 4.74 Å². The summed E-state index contributed by atoms with van der Waals surface area (Å²) in [7, 11) is 0. The smallest absolute Gasteiger partial charge is 0.163 e. The maximum Gasteiger partial charge on any atom is 0.163 e. The molecule has 2 heteroatoms. The van der Waals surface area contributed by atoms with Gasteiger partial charge in [-0.05, 0) is 49.6 Å². The zero-order valence-corrected chi connectivity index (χ0v) is 11.6. The molecule has 0 atom stereocenters. The minimum absolute atomic E-state index is 0.0251. The number of carbonyl (C=O) groups is 1. The molecule has 2 aromatic carbocycles. The van der Waals surface area contributed by atoms with Gasteiger partial charge in [0, 0.05) is 0 Å². The van der Waals surface area contributed by atoms with Gasteiger partial charge in [0.05, 0.1) is 5.56 Å². The average Bonchev–Trinajstić information content (AvgIpc) is 2.38. The third-order valence-corrected chi connectivity index (χ3v) is 3.28. The molecule has 2 rings (SSSR count). The van der Waals surface area contributed by atoms with Crippen LogP contribution in [0.2, 0.25) is 0 Å². The average molecular weight is 254 g/mol. The van der Waals surface area contributed by atoms with E-state index in [-0.39, 0.29) is 5.78 Å². The van der Waals surface area contributed by atoms with Gasteiger partial charge in [0.25, 0.3) is 0 Å². The molecule has 98 valence electrons. The summed E-state index contributed by atoms with van der Waals surface area (Å²) in [5.74, 6) is 0.676. The largest absolute Gasteiger partial charge is 0.488 e. The van der Waals surface area contributed by atoms with Gasteiger partial charge in [0.15, 0.2) is 5.78 Å². The Bertz CT molecular complexity index is 580. The third-order valence-electron chi connectivity index (χ3n) is 3.28. The van der Waals surface area contributed by atoms with Crippen molar-refractivity contribution in [2.75, 3.05) is 0 Å². The van der Waals surface area contributed by atoms with E-state index in [1.807, 2.05) is 24.3 Å². The number of para-hydroxylation sites is 1. The number of rotatable bonds is 4. The minimum atomic E-state index is 0.0251. The van der Waals surface area contributed by atoms with E-state index < -0.39 is 0 Å². The van der Waals surface area contributed by atoms with E-state index in [9.17, 15) is 4.79 Å². The first-order chi connectivity index (χ1) is 9.09. The van der Waals surface area contributed by atoms with Crippen molar-refractivity contribution < 1.29 is 9.53 Å². The van der Waals surface area contributed by atoms with Crippen molar-refractivity contribution in [3.05, 3.63) is 64.7 Å². The van der Waals surface area contributed by atoms with Crippen LogP contribution in [0.4, 0.5) is 0 Å². The van der Waals surface area contributed by atoms with Gasteiger partial charge in [-0.2, -0.15) is 0 Å². The van der Waals surface area contributed by atoms with Gasteiger partial charge in [-0.15, -0.1) is 0 Å². The number of ketones is 1. The summed E-state index contributed by atoms with van der Waals surface area (Å²) in [5.41, 5.74) is 4.23. The Morgan fingerprint density at radius 3 is 2.26 bits per heavy atom. The summed E-state index contributed by atoms with van der Waals surface area (Å²) in [4.78, 5) is 11.5. The predicted octanol–water partition coefficient (Wildman–Crippen LogP) is 4.09. The van der Waals surface area contributed by atoms with E-state index in [2.05, 4.69) is 26.0 Å². The molecule has 0 heterocycles. The lowest BCUT2D eigenvalue weighted by Crippen LogP contribution is -2.04. The number of Topliss-reactive ketones (excluding diaryl/α,β-unsaturated/α-hetero) is 1. The second-order valence-electron chi connectivity index (χ2n) is 4.71. The van der Waals surface area contributed by atoms with E-state index >= 15 is 0 Å². The zero-order valence-electron chi connectivity index (χ0n) is 11.6. The molecule has 0 aliphatic heterocycles. The topological polar surface area (TPSA) is 26.3 Å². The molecule has 0 aromatic heterocycles. The maximum atomic E-state index is 11.5. The van der Waals surface area contributed by atoms with Crippen LogP contribution >= 0.6 is 0 Å². The van der Waals surface area contributed by atoms with Crippen LogP contribution in [0.3, 0.4) is 0 Å². The lowest BCUT2D eigenvalue weighted by Gasteiger charge is -2.13. The maximum absolute atomic E-state index is 11.5. The fourth-order valence-corrected chi connectivity index (χ4v) is 2.11. The van der Waals surface area contributed by atoms with Crippen molar-refractivity contribution in [2.45, 2.75) is 27.4 Å². The highest BCUT2D eigenvalue weighted by Crippen LogP contribution is 2.21. The fourth-order valence-electron chi connectivity index (χ4n) is 2.11. The summed E-state index contributed by atoms with van der Waals surface area (Å²) < 4.78 is 5.83. The molecule has 0 spiro atoms. The molecule has 2 aromatic rings. The highest BCUT2D eigenvalue weighted by molar-refractivity contribution is 5.96. The highest BCUT2D eigenvalue weighted by atomic mass is 16.5. The zero-order chi connectivity index (χ0) is 13.8. The van der Waals surface area contributed by atoms with E-state index in [4.69, 9.17) is 4.74 Å². The minimum Gasteiger partial charge on any atom is -0.488 e. The molecule has 0 radical (unpaired) electrons. The molecule has 0 amide bonds. The van der Waals surface area contributed by atoms with Crippen molar-refractivity contribution in [3.8, 4) is 5.75 Å². The second kappa shape index (κ2) is 5.70. The van der Waals surface area contributed by atoms with Gasteiger partial charge in [-0.1, -0.05) is 30.3 Å². The first-order valence-corrected chi connectivity index (χ1v) is 6.37. The number of carbonyl (C=O) groups excluding carboxylic acids is 1. The molecule has 0 bridgehead atoms. The van der Waals surface area contributed by atoms with Crippen molar-refractivity contribution in [2.24, 2.45) is 0 Å². The van der Waals surface area contributed by atoms with Crippen LogP contribution in [0.5, 0.6) is 5.75 Å². The molecule has 0 unspecified atom stereocenters. The SMILES string of the molecule is CC(=O)c1ccccc1OCc1c(C)cccc1C. The molecule has 0 aliphatic carbocycles. The van der Waals surface area contributed by atoms with E-state index in [0.717, 1.165) is 0 Å². The molecular formula is C17H18O2. The fraction of sp³-hybridized carbons (Fsp3) is 0.235. The van der Waals surface area contributed by atoms with Crippen molar-refractivity contribution in [1.82, 2.24) is 0 Å². The lowest BCUT2D eigenvalue weighted by molar-refractivity contribution is 0.101. The molecule has 0 fully saturated rings. The van der Waals surface area contributed by atoms with Gasteiger partial charge in [0.2, 0.25) is 0 Å². The Balaban J connectivity index is 2.22. The number of ether oxygens (including phenoxy) is 1.